The fraction of sp³-hybridized carbons (Fsp3) is 0.357. The molecule has 202 valence electrons. The summed E-state index contributed by atoms with van der Waals surface area (Å²) in [6.07, 6.45) is 0.869. The van der Waals surface area contributed by atoms with Crippen LogP contribution in [0.3, 0.4) is 0 Å². The normalized spacial score (nSPS) is 16.2. The number of aromatic amines is 1. The maximum absolute atomic E-state index is 13.0. The van der Waals surface area contributed by atoms with Crippen LogP contribution in [-0.2, 0) is 10.0 Å². The summed E-state index contributed by atoms with van der Waals surface area (Å²) in [5.41, 5.74) is 2.00. The number of aliphatic hydroxyl groups is 1. The molecule has 5 rings (SSSR count). The van der Waals surface area contributed by atoms with Gasteiger partial charge in [0.1, 0.15) is 24.2 Å². The molecule has 1 atom stereocenters. The van der Waals surface area contributed by atoms with Gasteiger partial charge in [-0.3, -0.25) is 0 Å². The number of nitrogens with one attached hydrogen (secondary N) is 2. The van der Waals surface area contributed by atoms with E-state index in [1.54, 1.807) is 35.7 Å². The highest BCUT2D eigenvalue weighted by molar-refractivity contribution is 9.10. The quantitative estimate of drug-likeness (QED) is 0.247. The van der Waals surface area contributed by atoms with Crippen molar-refractivity contribution in [3.8, 4) is 11.5 Å². The van der Waals surface area contributed by atoms with Crippen LogP contribution in [0.4, 0.5) is 0 Å². The van der Waals surface area contributed by atoms with Crippen LogP contribution < -0.4 is 14.8 Å². The Morgan fingerprint density at radius 3 is 2.58 bits per heavy atom. The molecule has 3 aromatic carbocycles. The van der Waals surface area contributed by atoms with Crippen LogP contribution in [-0.4, -0.2) is 68.8 Å². The number of piperidine rings is 1. The monoisotopic (exact) mass is 601 g/mol. The molecular formula is C28H32BrN3O5S. The van der Waals surface area contributed by atoms with Gasteiger partial charge in [0.05, 0.1) is 22.9 Å². The van der Waals surface area contributed by atoms with Gasteiger partial charge < -0.3 is 24.9 Å². The molecular weight excluding hydrogens is 570 g/mol. The molecule has 38 heavy (non-hydrogen) atoms. The minimum atomic E-state index is -3.51. The molecule has 1 saturated heterocycles. The summed E-state index contributed by atoms with van der Waals surface area (Å²) in [6, 6.07) is 18.4. The first kappa shape index (κ1) is 27.0. The van der Waals surface area contributed by atoms with E-state index in [1.165, 1.54) is 0 Å². The maximum atomic E-state index is 13.0. The van der Waals surface area contributed by atoms with E-state index in [1.807, 2.05) is 30.3 Å². The number of H-pyrrole nitrogens is 1. The molecule has 1 fully saturated rings. The number of rotatable bonds is 10. The Hall–Kier alpha value is -2.63. The van der Waals surface area contributed by atoms with E-state index in [0.29, 0.717) is 31.3 Å². The van der Waals surface area contributed by atoms with E-state index in [-0.39, 0.29) is 11.5 Å². The molecule has 1 aromatic heterocycles. The largest absolute Gasteiger partial charge is 0.497 e. The zero-order valence-corrected chi connectivity index (χ0v) is 23.6. The van der Waals surface area contributed by atoms with E-state index >= 15 is 0 Å². The van der Waals surface area contributed by atoms with Crippen LogP contribution in [0.2, 0.25) is 0 Å². The number of hydrogen-bond donors (Lipinski definition) is 3. The van der Waals surface area contributed by atoms with Crippen LogP contribution in [0.5, 0.6) is 11.5 Å². The number of aliphatic hydroxyl groups excluding tert-OH is 1. The van der Waals surface area contributed by atoms with Crippen molar-refractivity contribution >= 4 is 47.8 Å². The summed E-state index contributed by atoms with van der Waals surface area (Å²) < 4.78 is 39.6. The number of sulfonamides is 1. The van der Waals surface area contributed by atoms with Crippen LogP contribution in [0.15, 0.2) is 70.0 Å². The topological polar surface area (TPSA) is 104 Å². The second kappa shape index (κ2) is 11.6. The van der Waals surface area contributed by atoms with Crippen molar-refractivity contribution in [2.75, 3.05) is 39.9 Å². The number of fused-ring (bicyclic) bond motifs is 3. The lowest BCUT2D eigenvalue weighted by Gasteiger charge is -2.31. The number of halogens is 1. The molecule has 0 aliphatic carbocycles. The molecule has 4 aromatic rings. The third-order valence-corrected chi connectivity index (χ3v) is 9.66. The Labute approximate surface area is 231 Å². The summed E-state index contributed by atoms with van der Waals surface area (Å²) in [5, 5.41) is 15.9. The lowest BCUT2D eigenvalue weighted by Crippen LogP contribution is -2.42. The lowest BCUT2D eigenvalue weighted by atomic mass is 9.98. The zero-order valence-electron chi connectivity index (χ0n) is 21.2. The lowest BCUT2D eigenvalue weighted by molar-refractivity contribution is 0.105. The highest BCUT2D eigenvalue weighted by Crippen LogP contribution is 2.37. The Kier molecular flexibility index (Phi) is 8.25. The molecule has 0 radical (unpaired) electrons. The van der Waals surface area contributed by atoms with Crippen molar-refractivity contribution in [1.82, 2.24) is 14.6 Å². The predicted octanol–water partition coefficient (Wildman–Crippen LogP) is 4.52. The number of para-hydroxylation sites is 1. The minimum Gasteiger partial charge on any atom is -0.497 e. The maximum Gasteiger partial charge on any atom is 0.243 e. The third kappa shape index (κ3) is 5.69. The number of nitrogens with zero attached hydrogens (tertiary/aromatic N) is 1. The highest BCUT2D eigenvalue weighted by atomic mass is 79.9. The van der Waals surface area contributed by atoms with Gasteiger partial charge in [0.15, 0.2) is 0 Å². The van der Waals surface area contributed by atoms with E-state index in [9.17, 15) is 13.5 Å². The van der Waals surface area contributed by atoms with Crippen molar-refractivity contribution in [2.24, 2.45) is 5.92 Å². The van der Waals surface area contributed by atoms with Crippen LogP contribution in [0, 0.1) is 5.92 Å². The van der Waals surface area contributed by atoms with Gasteiger partial charge in [-0.2, -0.15) is 4.31 Å². The van der Waals surface area contributed by atoms with Gasteiger partial charge in [0.25, 0.3) is 0 Å². The SMILES string of the molecule is COc1ccc(S(=O)(=O)N2CCC(CNC[C@H](O)COc3ccc(Br)c4[nH]c5ccccc5c34)CC2)cc1. The average molecular weight is 603 g/mol. The van der Waals surface area contributed by atoms with E-state index in [4.69, 9.17) is 9.47 Å². The molecule has 0 bridgehead atoms. The Balaban J connectivity index is 1.09. The van der Waals surface area contributed by atoms with E-state index in [2.05, 4.69) is 32.3 Å². The van der Waals surface area contributed by atoms with Crippen molar-refractivity contribution < 1.29 is 23.0 Å². The Morgan fingerprint density at radius 2 is 1.84 bits per heavy atom. The summed E-state index contributed by atoms with van der Waals surface area (Å²) in [6.45, 7) is 2.26. The van der Waals surface area contributed by atoms with Gasteiger partial charge in [0.2, 0.25) is 10.0 Å². The fourth-order valence-electron chi connectivity index (χ4n) is 4.96. The van der Waals surface area contributed by atoms with Crippen molar-refractivity contribution in [3.63, 3.8) is 0 Å². The number of methoxy groups -OCH3 is 1. The van der Waals surface area contributed by atoms with Gasteiger partial charge in [0, 0.05) is 35.0 Å². The summed E-state index contributed by atoms with van der Waals surface area (Å²) in [4.78, 5) is 3.71. The van der Waals surface area contributed by atoms with Crippen molar-refractivity contribution in [1.29, 1.82) is 0 Å². The van der Waals surface area contributed by atoms with Crippen LogP contribution >= 0.6 is 15.9 Å². The van der Waals surface area contributed by atoms with Crippen LogP contribution in [0.25, 0.3) is 21.8 Å². The average Bonchev–Trinajstić information content (AvgIpc) is 3.34. The number of hydrogen-bond acceptors (Lipinski definition) is 6. The first-order valence-corrected chi connectivity index (χ1v) is 14.9. The second-order valence-corrected chi connectivity index (χ2v) is 12.4. The third-order valence-electron chi connectivity index (χ3n) is 7.09. The van der Waals surface area contributed by atoms with Crippen molar-refractivity contribution in [2.45, 2.75) is 23.8 Å². The molecule has 0 saturated carbocycles. The molecule has 3 N–H and O–H groups in total. The number of aromatic nitrogens is 1. The fourth-order valence-corrected chi connectivity index (χ4v) is 6.86. The molecule has 0 unspecified atom stereocenters. The van der Waals surface area contributed by atoms with Gasteiger partial charge >= 0.3 is 0 Å². The molecule has 1 aliphatic heterocycles. The summed E-state index contributed by atoms with van der Waals surface area (Å²) in [7, 11) is -1.96. The van der Waals surface area contributed by atoms with E-state index in [0.717, 1.165) is 51.4 Å². The van der Waals surface area contributed by atoms with E-state index < -0.39 is 16.1 Å². The van der Waals surface area contributed by atoms with Gasteiger partial charge in [-0.05, 0) is 83.7 Å². The molecule has 8 nitrogen and oxygen atoms in total. The predicted molar refractivity (Wildman–Crippen MR) is 152 cm³/mol. The van der Waals surface area contributed by atoms with Gasteiger partial charge in [-0.1, -0.05) is 18.2 Å². The standard InChI is InChI=1S/C28H32BrN3O5S/c1-36-21-6-8-22(9-7-21)38(34,35)32-14-12-19(13-15-32)16-30-17-20(33)18-37-26-11-10-24(29)28-27(26)23-4-2-3-5-25(23)31-28/h2-11,19-20,30-31,33H,12-18H2,1H3/t20-/m0/s1. The molecule has 2 heterocycles. The second-order valence-electron chi connectivity index (χ2n) is 9.61. The molecule has 0 amide bonds. The number of ether oxygens (including phenoxy) is 2. The minimum absolute atomic E-state index is 0.168. The molecule has 1 aliphatic rings. The van der Waals surface area contributed by atoms with Crippen LogP contribution in [0.1, 0.15) is 12.8 Å². The van der Waals surface area contributed by atoms with Gasteiger partial charge in [-0.25, -0.2) is 8.42 Å². The first-order valence-electron chi connectivity index (χ1n) is 12.7. The number of benzene rings is 3. The van der Waals surface area contributed by atoms with Gasteiger partial charge in [-0.15, -0.1) is 0 Å². The smallest absolute Gasteiger partial charge is 0.243 e. The Morgan fingerprint density at radius 1 is 1.11 bits per heavy atom. The summed E-state index contributed by atoms with van der Waals surface area (Å²) in [5.74, 6) is 1.71. The zero-order chi connectivity index (χ0) is 26.7. The Bertz CT molecular complexity index is 1500. The van der Waals surface area contributed by atoms with Crippen molar-refractivity contribution in [3.05, 3.63) is 65.1 Å². The summed E-state index contributed by atoms with van der Waals surface area (Å²) >= 11 is 3.61. The highest BCUT2D eigenvalue weighted by Gasteiger charge is 2.29. The molecule has 0 spiro atoms. The first-order chi connectivity index (χ1) is 18.4. The molecule has 10 heteroatoms.